The van der Waals surface area contributed by atoms with Crippen molar-refractivity contribution >= 4 is 28.6 Å². The van der Waals surface area contributed by atoms with Crippen LogP contribution in [0.3, 0.4) is 0 Å². The van der Waals surface area contributed by atoms with Crippen molar-refractivity contribution in [2.45, 2.75) is 52.0 Å². The first-order valence-corrected chi connectivity index (χ1v) is 11.0. The van der Waals surface area contributed by atoms with Gasteiger partial charge < -0.3 is 14.8 Å². The van der Waals surface area contributed by atoms with Gasteiger partial charge in [0.15, 0.2) is 17.0 Å². The van der Waals surface area contributed by atoms with Gasteiger partial charge in [0.2, 0.25) is 5.91 Å². The van der Waals surface area contributed by atoms with Gasteiger partial charge in [-0.05, 0) is 44.2 Å². The van der Waals surface area contributed by atoms with E-state index in [9.17, 15) is 4.79 Å². The van der Waals surface area contributed by atoms with Crippen LogP contribution in [0, 0.1) is 12.8 Å². The van der Waals surface area contributed by atoms with Crippen LogP contribution in [0.15, 0.2) is 30.6 Å². The SMILES string of the molecule is Cc1ccccc1NC(=O)C1CCCN(c2ncnc3c2nc2n3CCCCC2)C1. The highest BCUT2D eigenvalue weighted by molar-refractivity contribution is 5.94. The fourth-order valence-corrected chi connectivity index (χ4v) is 4.69. The first-order valence-electron chi connectivity index (χ1n) is 11.0. The fourth-order valence-electron chi connectivity index (χ4n) is 4.69. The monoisotopic (exact) mass is 404 g/mol. The summed E-state index contributed by atoms with van der Waals surface area (Å²) in [6, 6.07) is 7.92. The molecule has 0 aliphatic carbocycles. The van der Waals surface area contributed by atoms with Gasteiger partial charge in [-0.3, -0.25) is 4.79 Å². The first kappa shape index (κ1) is 19.0. The number of nitrogens with one attached hydrogen (secondary N) is 1. The standard InChI is InChI=1S/C23H28N6O/c1-16-8-4-5-10-18(16)26-23(30)17-9-7-12-28(14-17)21-20-22(25-15-24-21)29-13-6-2-3-11-19(29)27-20/h4-5,8,10,15,17H,2-3,6-7,9,11-14H2,1H3,(H,26,30). The van der Waals surface area contributed by atoms with Crippen LogP contribution in [0.1, 0.15) is 43.5 Å². The minimum Gasteiger partial charge on any atom is -0.354 e. The fraction of sp³-hybridized carbons (Fsp3) is 0.478. The quantitative estimate of drug-likeness (QED) is 0.720. The van der Waals surface area contributed by atoms with Gasteiger partial charge in [0.25, 0.3) is 0 Å². The molecule has 3 aromatic rings. The van der Waals surface area contributed by atoms with E-state index in [-0.39, 0.29) is 11.8 Å². The van der Waals surface area contributed by atoms with E-state index in [2.05, 4.69) is 24.8 Å². The second kappa shape index (κ2) is 8.05. The van der Waals surface area contributed by atoms with E-state index < -0.39 is 0 Å². The van der Waals surface area contributed by atoms with Gasteiger partial charge in [-0.15, -0.1) is 0 Å². The lowest BCUT2D eigenvalue weighted by Crippen LogP contribution is -2.41. The molecule has 5 rings (SSSR count). The van der Waals surface area contributed by atoms with E-state index in [1.807, 2.05) is 31.2 Å². The summed E-state index contributed by atoms with van der Waals surface area (Å²) in [5, 5.41) is 3.12. The second-order valence-electron chi connectivity index (χ2n) is 8.45. The van der Waals surface area contributed by atoms with E-state index in [4.69, 9.17) is 4.98 Å². The third-order valence-electron chi connectivity index (χ3n) is 6.37. The number of rotatable bonds is 3. The summed E-state index contributed by atoms with van der Waals surface area (Å²) in [6.07, 6.45) is 8.09. The van der Waals surface area contributed by atoms with Crippen LogP contribution >= 0.6 is 0 Å². The van der Waals surface area contributed by atoms with Crippen molar-refractivity contribution in [2.24, 2.45) is 5.92 Å². The number of aromatic nitrogens is 4. The predicted molar refractivity (Wildman–Crippen MR) is 118 cm³/mol. The maximum Gasteiger partial charge on any atom is 0.229 e. The Balaban J connectivity index is 1.39. The Kier molecular flexibility index (Phi) is 5.11. The van der Waals surface area contributed by atoms with Crippen molar-refractivity contribution in [3.63, 3.8) is 0 Å². The zero-order valence-corrected chi connectivity index (χ0v) is 17.5. The van der Waals surface area contributed by atoms with Crippen LogP contribution in [-0.2, 0) is 17.8 Å². The molecule has 1 amide bonds. The van der Waals surface area contributed by atoms with Gasteiger partial charge in [0.1, 0.15) is 12.2 Å². The van der Waals surface area contributed by atoms with Crippen LogP contribution in [0.4, 0.5) is 11.5 Å². The molecule has 1 unspecified atom stereocenters. The van der Waals surface area contributed by atoms with Crippen LogP contribution in [0.2, 0.25) is 0 Å². The maximum absolute atomic E-state index is 13.0. The molecule has 7 heteroatoms. The molecule has 2 aromatic heterocycles. The molecule has 0 radical (unpaired) electrons. The highest BCUT2D eigenvalue weighted by atomic mass is 16.1. The number of benzene rings is 1. The van der Waals surface area contributed by atoms with E-state index in [0.717, 1.165) is 66.4 Å². The smallest absolute Gasteiger partial charge is 0.229 e. The van der Waals surface area contributed by atoms with Crippen LogP contribution in [0.25, 0.3) is 11.2 Å². The number of para-hydroxylation sites is 1. The molecule has 1 fully saturated rings. The number of amides is 1. The van der Waals surface area contributed by atoms with Crippen LogP contribution < -0.4 is 10.2 Å². The van der Waals surface area contributed by atoms with Crippen molar-refractivity contribution in [2.75, 3.05) is 23.3 Å². The summed E-state index contributed by atoms with van der Waals surface area (Å²) in [5.41, 5.74) is 3.79. The van der Waals surface area contributed by atoms with Gasteiger partial charge in [0.05, 0.1) is 5.92 Å². The number of fused-ring (bicyclic) bond motifs is 3. The molecule has 2 aliphatic rings. The number of anilines is 2. The largest absolute Gasteiger partial charge is 0.354 e. The van der Waals surface area contributed by atoms with Gasteiger partial charge in [-0.2, -0.15) is 0 Å². The average molecular weight is 405 g/mol. The number of nitrogens with zero attached hydrogens (tertiary/aromatic N) is 5. The Morgan fingerprint density at radius 1 is 1.10 bits per heavy atom. The zero-order valence-electron chi connectivity index (χ0n) is 17.5. The van der Waals surface area contributed by atoms with E-state index >= 15 is 0 Å². The molecule has 1 aromatic carbocycles. The molecule has 7 nitrogen and oxygen atoms in total. The van der Waals surface area contributed by atoms with E-state index in [1.54, 1.807) is 6.33 Å². The topological polar surface area (TPSA) is 75.9 Å². The average Bonchev–Trinajstić information content (AvgIpc) is 2.96. The Morgan fingerprint density at radius 2 is 2.00 bits per heavy atom. The summed E-state index contributed by atoms with van der Waals surface area (Å²) >= 11 is 0. The van der Waals surface area contributed by atoms with E-state index in [0.29, 0.717) is 6.54 Å². The zero-order chi connectivity index (χ0) is 20.5. The van der Waals surface area contributed by atoms with Crippen LogP contribution in [0.5, 0.6) is 0 Å². The maximum atomic E-state index is 13.0. The molecular formula is C23H28N6O. The Labute approximate surface area is 176 Å². The number of hydrogen-bond donors (Lipinski definition) is 1. The van der Waals surface area contributed by atoms with Crippen molar-refractivity contribution in [1.29, 1.82) is 0 Å². The number of carbonyl (C=O) groups excluding carboxylic acids is 1. The Morgan fingerprint density at radius 3 is 2.90 bits per heavy atom. The van der Waals surface area contributed by atoms with Gasteiger partial charge in [-0.25, -0.2) is 15.0 Å². The highest BCUT2D eigenvalue weighted by Crippen LogP contribution is 2.30. The Hall–Kier alpha value is -2.96. The molecule has 1 N–H and O–H groups in total. The predicted octanol–water partition coefficient (Wildman–Crippen LogP) is 3.72. The molecule has 156 valence electrons. The number of piperidine rings is 1. The summed E-state index contributed by atoms with van der Waals surface area (Å²) in [4.78, 5) is 29.3. The molecule has 0 bridgehead atoms. The first-order chi connectivity index (χ1) is 14.7. The van der Waals surface area contributed by atoms with Crippen molar-refractivity contribution in [3.8, 4) is 0 Å². The lowest BCUT2D eigenvalue weighted by molar-refractivity contribution is -0.120. The number of imidazole rings is 1. The summed E-state index contributed by atoms with van der Waals surface area (Å²) in [5.74, 6) is 2.01. The highest BCUT2D eigenvalue weighted by Gasteiger charge is 2.29. The minimum atomic E-state index is -0.0659. The summed E-state index contributed by atoms with van der Waals surface area (Å²) in [7, 11) is 0. The molecular weight excluding hydrogens is 376 g/mol. The van der Waals surface area contributed by atoms with Crippen molar-refractivity contribution in [1.82, 2.24) is 19.5 Å². The number of carbonyl (C=O) groups is 1. The minimum absolute atomic E-state index is 0.0659. The van der Waals surface area contributed by atoms with Crippen LogP contribution in [-0.4, -0.2) is 38.5 Å². The lowest BCUT2D eigenvalue weighted by Gasteiger charge is -2.32. The summed E-state index contributed by atoms with van der Waals surface area (Å²) < 4.78 is 2.26. The lowest BCUT2D eigenvalue weighted by atomic mass is 9.96. The van der Waals surface area contributed by atoms with Crippen molar-refractivity contribution in [3.05, 3.63) is 42.0 Å². The molecule has 30 heavy (non-hydrogen) atoms. The second-order valence-corrected chi connectivity index (χ2v) is 8.45. The molecule has 4 heterocycles. The summed E-state index contributed by atoms with van der Waals surface area (Å²) in [6.45, 7) is 4.54. The third-order valence-corrected chi connectivity index (χ3v) is 6.37. The molecule has 0 saturated carbocycles. The Bertz CT molecular complexity index is 1070. The molecule has 1 atom stereocenters. The van der Waals surface area contributed by atoms with E-state index in [1.165, 1.54) is 19.3 Å². The normalized spacial score (nSPS) is 19.4. The van der Waals surface area contributed by atoms with Crippen molar-refractivity contribution < 1.29 is 4.79 Å². The number of aryl methyl sites for hydroxylation is 3. The number of hydrogen-bond acceptors (Lipinski definition) is 5. The molecule has 2 aliphatic heterocycles. The van der Waals surface area contributed by atoms with Gasteiger partial charge in [0, 0.05) is 31.7 Å². The molecule has 1 saturated heterocycles. The van der Waals surface area contributed by atoms with Gasteiger partial charge in [-0.1, -0.05) is 24.6 Å². The van der Waals surface area contributed by atoms with Gasteiger partial charge >= 0.3 is 0 Å². The third kappa shape index (κ3) is 3.53. The molecule has 0 spiro atoms.